The van der Waals surface area contributed by atoms with Gasteiger partial charge in [-0.2, -0.15) is 158 Å². The average Bonchev–Trinajstić information content (AvgIpc) is 0.849. The topological polar surface area (TPSA) is 0 Å². The highest BCUT2D eigenvalue weighted by atomic mass is 31.1. The van der Waals surface area contributed by atoms with Crippen LogP contribution in [0.3, 0.4) is 0 Å². The molecule has 4 rings (SSSR count). The standard InChI is InChI=1S/C51H38F36P2/c52-36(53,40(60,61)44(68,69)48(76,77)78)22-18-28-2-10-32(11-3-28)88(33-12-4-29(5-13-33)19-23-37(54,55)41(62,63)45(70,71)49(79,80)81)26-1-27-89(34-14-6-30(7-15-34)20-24-38(56,57)42(64,65)46(72,73)50(82,83)84)35-16-8-31(9-17-35)21-25-39(58,59)43(66,67)47(74,75)51(85,86)87/h2-17H,1,18-27H2. The minimum atomic E-state index is -7.25. The van der Waals surface area contributed by atoms with Crippen molar-refractivity contribution >= 4 is 37.1 Å². The summed E-state index contributed by atoms with van der Waals surface area (Å²) in [6, 6.07) is 15.2. The van der Waals surface area contributed by atoms with Crippen LogP contribution in [0, 0.1) is 0 Å². The Morgan fingerprint density at radius 2 is 0.348 bits per heavy atom. The van der Waals surface area contributed by atoms with E-state index in [1.165, 1.54) is 0 Å². The van der Waals surface area contributed by atoms with Gasteiger partial charge in [-0.3, -0.25) is 0 Å². The number of aryl methyl sites for hydroxylation is 4. The van der Waals surface area contributed by atoms with Crippen LogP contribution in [-0.2, 0) is 25.7 Å². The molecule has 0 amide bonds. The summed E-state index contributed by atoms with van der Waals surface area (Å²) in [7, 11) is -4.16. The molecule has 0 heterocycles. The van der Waals surface area contributed by atoms with E-state index in [1.54, 1.807) is 0 Å². The molecule has 0 aliphatic rings. The van der Waals surface area contributed by atoms with Crippen LogP contribution in [0.2, 0.25) is 0 Å². The normalized spacial score (nSPS) is 15.0. The summed E-state index contributed by atoms with van der Waals surface area (Å²) in [4.78, 5) is 0. The third kappa shape index (κ3) is 15.3. The molecule has 0 aromatic heterocycles. The van der Waals surface area contributed by atoms with Gasteiger partial charge in [-0.15, -0.1) is 0 Å². The number of halogens is 36. The summed E-state index contributed by atoms with van der Waals surface area (Å²) in [6.45, 7) is 0. The van der Waals surface area contributed by atoms with Crippen LogP contribution in [-0.4, -0.2) is 108 Å². The van der Waals surface area contributed by atoms with Crippen LogP contribution < -0.4 is 21.2 Å². The molecule has 89 heavy (non-hydrogen) atoms. The summed E-state index contributed by atoms with van der Waals surface area (Å²) in [5, 5.41) is 0.228. The van der Waals surface area contributed by atoms with Crippen LogP contribution in [0.4, 0.5) is 158 Å². The Bertz CT molecular complexity index is 2540. The Hall–Kier alpha value is -4.78. The molecule has 0 N–H and O–H groups in total. The van der Waals surface area contributed by atoms with E-state index >= 15 is 0 Å². The lowest BCUT2D eigenvalue weighted by Gasteiger charge is -2.33. The molecule has 0 fully saturated rings. The molecular formula is C51H38F36P2. The summed E-state index contributed by atoms with van der Waals surface area (Å²) in [5.41, 5.74) is -1.77. The fourth-order valence-electron chi connectivity index (χ4n) is 8.04. The molecule has 4 aromatic rings. The Labute approximate surface area is 479 Å². The average molecular weight is 1400 g/mol. The van der Waals surface area contributed by atoms with Crippen molar-refractivity contribution in [2.24, 2.45) is 0 Å². The van der Waals surface area contributed by atoms with Crippen molar-refractivity contribution in [3.63, 3.8) is 0 Å². The van der Waals surface area contributed by atoms with E-state index in [9.17, 15) is 158 Å². The number of hydrogen-bond donors (Lipinski definition) is 0. The molecule has 4 aromatic carbocycles. The fourth-order valence-corrected chi connectivity index (χ4v) is 12.9. The van der Waals surface area contributed by atoms with Crippen molar-refractivity contribution in [1.82, 2.24) is 0 Å². The lowest BCUT2D eigenvalue weighted by molar-refractivity contribution is -0.396. The van der Waals surface area contributed by atoms with Crippen LogP contribution >= 0.6 is 15.8 Å². The minimum absolute atomic E-state index is 0.0570. The maximum Gasteiger partial charge on any atom is 0.460 e. The molecule has 0 bridgehead atoms. The lowest BCUT2D eigenvalue weighted by Crippen LogP contribution is -2.60. The van der Waals surface area contributed by atoms with E-state index in [2.05, 4.69) is 0 Å². The summed E-state index contributed by atoms with van der Waals surface area (Å²) in [5.74, 6) is -81.3. The van der Waals surface area contributed by atoms with Gasteiger partial charge in [0, 0.05) is 25.7 Å². The largest absolute Gasteiger partial charge is 0.460 e. The number of benzene rings is 4. The van der Waals surface area contributed by atoms with E-state index in [-0.39, 0.29) is 40.0 Å². The Morgan fingerprint density at radius 3 is 0.483 bits per heavy atom. The van der Waals surface area contributed by atoms with Crippen molar-refractivity contribution in [1.29, 1.82) is 0 Å². The number of rotatable bonds is 28. The first-order valence-corrected chi connectivity index (χ1v) is 27.5. The second-order valence-electron chi connectivity index (χ2n) is 19.7. The molecule has 0 atom stereocenters. The highest BCUT2D eigenvalue weighted by Crippen LogP contribution is 2.58. The van der Waals surface area contributed by atoms with Gasteiger partial charge < -0.3 is 0 Å². The predicted molar refractivity (Wildman–Crippen MR) is 249 cm³/mol. The molecule has 0 spiro atoms. The van der Waals surface area contributed by atoms with Crippen molar-refractivity contribution in [3.8, 4) is 0 Å². The van der Waals surface area contributed by atoms with Crippen molar-refractivity contribution in [3.05, 3.63) is 119 Å². The first-order valence-electron chi connectivity index (χ1n) is 24.4. The van der Waals surface area contributed by atoms with Gasteiger partial charge in [0.15, 0.2) is 0 Å². The van der Waals surface area contributed by atoms with E-state index in [1.807, 2.05) is 0 Å². The molecule has 0 saturated carbocycles. The van der Waals surface area contributed by atoms with E-state index in [0.29, 0.717) is 0 Å². The zero-order chi connectivity index (χ0) is 68.9. The summed E-state index contributed by atoms with van der Waals surface area (Å²) < 4.78 is 488. The van der Waals surface area contributed by atoms with Gasteiger partial charge in [-0.1, -0.05) is 97.1 Å². The molecule has 0 nitrogen and oxygen atoms in total. The monoisotopic (exact) mass is 1400 g/mol. The van der Waals surface area contributed by atoms with Gasteiger partial charge in [-0.25, -0.2) is 0 Å². The second kappa shape index (κ2) is 25.6. The van der Waals surface area contributed by atoms with Crippen molar-refractivity contribution in [2.75, 3.05) is 12.3 Å². The van der Waals surface area contributed by atoms with E-state index < -0.39 is 185 Å². The highest BCUT2D eigenvalue weighted by molar-refractivity contribution is 7.74. The Kier molecular flexibility index (Phi) is 22.1. The molecule has 504 valence electrons. The first kappa shape index (κ1) is 76.7. The molecule has 0 aliphatic carbocycles. The lowest BCUT2D eigenvalue weighted by atomic mass is 9.97. The molecule has 0 radical (unpaired) electrons. The van der Waals surface area contributed by atoms with Gasteiger partial charge in [0.2, 0.25) is 0 Å². The summed E-state index contributed by atoms with van der Waals surface area (Å²) in [6.07, 6.45) is -44.1. The van der Waals surface area contributed by atoms with Crippen LogP contribution in [0.25, 0.3) is 0 Å². The van der Waals surface area contributed by atoms with Gasteiger partial charge in [0.1, 0.15) is 0 Å². The molecule has 0 aliphatic heterocycles. The first-order chi connectivity index (χ1) is 39.7. The number of hydrogen-bond acceptors (Lipinski definition) is 0. The third-order valence-corrected chi connectivity index (χ3v) is 18.7. The molecular weight excluding hydrogens is 1360 g/mol. The minimum Gasteiger partial charge on any atom is -0.200 e. The van der Waals surface area contributed by atoms with E-state index in [4.69, 9.17) is 0 Å². The molecule has 0 unspecified atom stereocenters. The zero-order valence-electron chi connectivity index (χ0n) is 43.5. The fraction of sp³-hybridized carbons (Fsp3) is 0.529. The van der Waals surface area contributed by atoms with Gasteiger partial charge in [0.05, 0.1) is 0 Å². The highest BCUT2D eigenvalue weighted by Gasteiger charge is 2.84. The van der Waals surface area contributed by atoms with Crippen molar-refractivity contribution < 1.29 is 158 Å². The molecule has 38 heteroatoms. The van der Waals surface area contributed by atoms with Crippen LogP contribution in [0.15, 0.2) is 97.1 Å². The van der Waals surface area contributed by atoms with Crippen LogP contribution in [0.5, 0.6) is 0 Å². The third-order valence-electron chi connectivity index (χ3n) is 13.5. The maximum absolute atomic E-state index is 14.4. The quantitative estimate of drug-likeness (QED) is 0.0393. The zero-order valence-corrected chi connectivity index (χ0v) is 45.3. The van der Waals surface area contributed by atoms with E-state index in [0.717, 1.165) is 97.1 Å². The summed E-state index contributed by atoms with van der Waals surface area (Å²) >= 11 is 0. The van der Waals surface area contributed by atoms with Gasteiger partial charge in [-0.05, 0) is 104 Å². The smallest absolute Gasteiger partial charge is 0.200 e. The number of alkyl halides is 36. The van der Waals surface area contributed by atoms with Gasteiger partial charge in [0.25, 0.3) is 0 Å². The van der Waals surface area contributed by atoms with Crippen molar-refractivity contribution in [2.45, 2.75) is 154 Å². The molecule has 0 saturated heterocycles. The second-order valence-corrected chi connectivity index (χ2v) is 24.4. The predicted octanol–water partition coefficient (Wildman–Crippen LogP) is 19.2. The van der Waals surface area contributed by atoms with Gasteiger partial charge >= 0.3 is 95.8 Å². The SMILES string of the molecule is FC(F)(F)C(F)(F)C(F)(F)C(F)(F)CCc1ccc(P(CCCP(c2ccc(CCC(F)(F)C(F)(F)C(F)(F)C(F)(F)F)cc2)c2ccc(CCC(F)(F)C(F)(F)C(F)(F)C(F)(F)F)cc2)c2ccc(CCC(F)(F)C(F)(F)C(F)(F)C(F)(F)F)cc2)cc1. The van der Waals surface area contributed by atoms with Crippen LogP contribution in [0.1, 0.15) is 54.4 Å². The Morgan fingerprint density at radius 1 is 0.202 bits per heavy atom. The Balaban J connectivity index is 1.75. The maximum atomic E-state index is 14.4.